The van der Waals surface area contributed by atoms with Gasteiger partial charge in [0.25, 0.3) is 5.56 Å². The van der Waals surface area contributed by atoms with E-state index in [2.05, 4.69) is 26.0 Å². The minimum atomic E-state index is -0.123. The first-order chi connectivity index (χ1) is 13.2. The molecule has 4 rings (SSSR count). The van der Waals surface area contributed by atoms with Crippen LogP contribution in [0.2, 0.25) is 0 Å². The van der Waals surface area contributed by atoms with Crippen LogP contribution in [-0.4, -0.2) is 32.3 Å². The van der Waals surface area contributed by atoms with Crippen LogP contribution in [0.25, 0.3) is 11.3 Å². The van der Waals surface area contributed by atoms with Crippen LogP contribution in [-0.2, 0) is 6.54 Å². The number of hydrogen-bond acceptors (Lipinski definition) is 6. The molecule has 1 fully saturated rings. The van der Waals surface area contributed by atoms with Gasteiger partial charge in [0.15, 0.2) is 0 Å². The normalized spacial score (nSPS) is 16.3. The molecule has 0 N–H and O–H groups in total. The molecule has 0 saturated carbocycles. The average Bonchev–Trinajstić information content (AvgIpc) is 3.18. The molecule has 0 spiro atoms. The van der Waals surface area contributed by atoms with E-state index < -0.39 is 0 Å². The highest BCUT2D eigenvalue weighted by atomic mass is 16.1. The maximum atomic E-state index is 12.3. The van der Waals surface area contributed by atoms with Crippen molar-refractivity contribution in [1.29, 1.82) is 5.26 Å². The zero-order valence-electron chi connectivity index (χ0n) is 14.7. The van der Waals surface area contributed by atoms with Crippen molar-refractivity contribution in [2.45, 2.75) is 25.4 Å². The third-order valence-corrected chi connectivity index (χ3v) is 4.76. The molecule has 0 radical (unpaired) electrons. The quantitative estimate of drug-likeness (QED) is 0.711. The van der Waals surface area contributed by atoms with E-state index in [4.69, 9.17) is 5.26 Å². The van der Waals surface area contributed by atoms with Crippen molar-refractivity contribution in [2.24, 2.45) is 0 Å². The Labute approximate surface area is 156 Å². The van der Waals surface area contributed by atoms with Gasteiger partial charge in [0.1, 0.15) is 11.9 Å². The number of hydrogen-bond donors (Lipinski definition) is 0. The Balaban J connectivity index is 1.59. The fourth-order valence-electron chi connectivity index (χ4n) is 3.40. The van der Waals surface area contributed by atoms with Crippen LogP contribution in [0, 0.1) is 11.3 Å². The molecule has 1 aliphatic rings. The van der Waals surface area contributed by atoms with E-state index in [1.54, 1.807) is 36.8 Å². The van der Waals surface area contributed by atoms with Crippen molar-refractivity contribution >= 4 is 5.82 Å². The smallest absolute Gasteiger partial charge is 0.266 e. The minimum Gasteiger partial charge on any atom is -0.352 e. The SMILES string of the molecule is N#Cc1ccc(N2CCCC2Cn2nc(-c3cccnc3)ccc2=O)nc1. The first-order valence-electron chi connectivity index (χ1n) is 8.86. The highest BCUT2D eigenvalue weighted by molar-refractivity contribution is 5.56. The molecule has 1 atom stereocenters. The number of rotatable bonds is 4. The zero-order chi connectivity index (χ0) is 18.6. The molecule has 3 aromatic rings. The first-order valence-corrected chi connectivity index (χ1v) is 8.86. The standard InChI is InChI=1S/C20H18N6O/c21-11-15-5-7-19(23-12-15)25-10-2-4-17(25)14-26-20(27)8-6-18(24-26)16-3-1-9-22-13-16/h1,3,5-9,12-13,17H,2,4,10,14H2. The summed E-state index contributed by atoms with van der Waals surface area (Å²) in [4.78, 5) is 23.0. The average molecular weight is 358 g/mol. The largest absolute Gasteiger partial charge is 0.352 e. The highest BCUT2D eigenvalue weighted by Gasteiger charge is 2.26. The van der Waals surface area contributed by atoms with Gasteiger partial charge in [-0.1, -0.05) is 0 Å². The fourth-order valence-corrected chi connectivity index (χ4v) is 3.40. The second-order valence-electron chi connectivity index (χ2n) is 6.49. The van der Waals surface area contributed by atoms with E-state index in [1.165, 1.54) is 4.68 Å². The topological polar surface area (TPSA) is 87.7 Å². The van der Waals surface area contributed by atoms with Crippen LogP contribution in [0.1, 0.15) is 18.4 Å². The van der Waals surface area contributed by atoms with Crippen LogP contribution in [0.4, 0.5) is 5.82 Å². The van der Waals surface area contributed by atoms with E-state index in [-0.39, 0.29) is 11.6 Å². The molecule has 4 heterocycles. The van der Waals surface area contributed by atoms with Gasteiger partial charge >= 0.3 is 0 Å². The van der Waals surface area contributed by atoms with Crippen molar-refractivity contribution in [1.82, 2.24) is 19.7 Å². The second kappa shape index (κ2) is 7.38. The molecular weight excluding hydrogens is 340 g/mol. The Hall–Kier alpha value is -3.53. The molecular formula is C20H18N6O. The molecule has 134 valence electrons. The predicted molar refractivity (Wildman–Crippen MR) is 101 cm³/mol. The Kier molecular flexibility index (Phi) is 4.62. The molecule has 1 saturated heterocycles. The Morgan fingerprint density at radius 3 is 2.85 bits per heavy atom. The summed E-state index contributed by atoms with van der Waals surface area (Å²) in [6, 6.07) is 12.9. The van der Waals surface area contributed by atoms with Crippen molar-refractivity contribution in [3.8, 4) is 17.3 Å². The van der Waals surface area contributed by atoms with Gasteiger partial charge in [-0.3, -0.25) is 9.78 Å². The summed E-state index contributed by atoms with van der Waals surface area (Å²) in [7, 11) is 0. The molecule has 1 aliphatic heterocycles. The Morgan fingerprint density at radius 2 is 2.11 bits per heavy atom. The minimum absolute atomic E-state index is 0.123. The van der Waals surface area contributed by atoms with Gasteiger partial charge < -0.3 is 4.90 Å². The van der Waals surface area contributed by atoms with Gasteiger partial charge in [-0.25, -0.2) is 9.67 Å². The summed E-state index contributed by atoms with van der Waals surface area (Å²) in [5.41, 5.74) is 2.02. The Bertz CT molecular complexity index is 1020. The third-order valence-electron chi connectivity index (χ3n) is 4.76. The van der Waals surface area contributed by atoms with Crippen molar-refractivity contribution in [3.63, 3.8) is 0 Å². The molecule has 1 unspecified atom stereocenters. The van der Waals surface area contributed by atoms with Crippen LogP contribution in [0.5, 0.6) is 0 Å². The van der Waals surface area contributed by atoms with Gasteiger partial charge in [0.05, 0.1) is 23.8 Å². The van der Waals surface area contributed by atoms with Crippen molar-refractivity contribution in [3.05, 3.63) is 70.9 Å². The Morgan fingerprint density at radius 1 is 1.19 bits per heavy atom. The van der Waals surface area contributed by atoms with E-state index in [1.807, 2.05) is 18.2 Å². The predicted octanol–water partition coefficient (Wildman–Crippen LogP) is 2.24. The van der Waals surface area contributed by atoms with Gasteiger partial charge in [-0.15, -0.1) is 0 Å². The lowest BCUT2D eigenvalue weighted by molar-refractivity contribution is 0.489. The summed E-state index contributed by atoms with van der Waals surface area (Å²) < 4.78 is 1.52. The van der Waals surface area contributed by atoms with E-state index in [0.29, 0.717) is 12.1 Å². The fraction of sp³-hybridized carbons (Fsp3) is 0.250. The second-order valence-corrected chi connectivity index (χ2v) is 6.49. The lowest BCUT2D eigenvalue weighted by Crippen LogP contribution is -2.37. The number of nitriles is 1. The van der Waals surface area contributed by atoms with Gasteiger partial charge in [-0.2, -0.15) is 10.4 Å². The summed E-state index contributed by atoms with van der Waals surface area (Å²) in [5, 5.41) is 13.5. The van der Waals surface area contributed by atoms with E-state index >= 15 is 0 Å². The van der Waals surface area contributed by atoms with Crippen LogP contribution in [0.15, 0.2) is 59.8 Å². The van der Waals surface area contributed by atoms with Crippen LogP contribution < -0.4 is 10.5 Å². The third kappa shape index (κ3) is 3.55. The zero-order valence-corrected chi connectivity index (χ0v) is 14.7. The molecule has 3 aromatic heterocycles. The van der Waals surface area contributed by atoms with Crippen molar-refractivity contribution < 1.29 is 0 Å². The number of pyridine rings is 2. The van der Waals surface area contributed by atoms with Crippen LogP contribution in [0.3, 0.4) is 0 Å². The lowest BCUT2D eigenvalue weighted by Gasteiger charge is -2.26. The van der Waals surface area contributed by atoms with Crippen molar-refractivity contribution in [2.75, 3.05) is 11.4 Å². The highest BCUT2D eigenvalue weighted by Crippen LogP contribution is 2.24. The maximum absolute atomic E-state index is 12.3. The first kappa shape index (κ1) is 16.9. The summed E-state index contributed by atoms with van der Waals surface area (Å²) in [5.74, 6) is 0.827. The van der Waals surface area contributed by atoms with E-state index in [9.17, 15) is 4.79 Å². The van der Waals surface area contributed by atoms with Crippen LogP contribution >= 0.6 is 0 Å². The van der Waals surface area contributed by atoms with Gasteiger partial charge in [0.2, 0.25) is 0 Å². The maximum Gasteiger partial charge on any atom is 0.266 e. The molecule has 7 heteroatoms. The molecule has 7 nitrogen and oxygen atoms in total. The van der Waals surface area contributed by atoms with E-state index in [0.717, 1.165) is 36.5 Å². The summed E-state index contributed by atoms with van der Waals surface area (Å²) in [6.07, 6.45) is 7.02. The summed E-state index contributed by atoms with van der Waals surface area (Å²) >= 11 is 0. The molecule has 0 bridgehead atoms. The number of anilines is 1. The molecule has 0 amide bonds. The molecule has 0 aliphatic carbocycles. The number of aromatic nitrogens is 4. The van der Waals surface area contributed by atoms with Gasteiger partial charge in [0, 0.05) is 36.8 Å². The molecule has 27 heavy (non-hydrogen) atoms. The molecule has 0 aromatic carbocycles. The van der Waals surface area contributed by atoms with Gasteiger partial charge in [-0.05, 0) is 43.2 Å². The summed E-state index contributed by atoms with van der Waals surface area (Å²) in [6.45, 7) is 1.37. The number of nitrogens with zero attached hydrogens (tertiary/aromatic N) is 6. The lowest BCUT2D eigenvalue weighted by atomic mass is 10.2. The monoisotopic (exact) mass is 358 g/mol.